The molecule has 1 heterocycles. The highest BCUT2D eigenvalue weighted by Gasteiger charge is 2.30. The second-order valence-electron chi connectivity index (χ2n) is 4.62. The maximum atomic E-state index is 11.8. The molecule has 17 heavy (non-hydrogen) atoms. The van der Waals surface area contributed by atoms with Crippen molar-refractivity contribution in [3.05, 3.63) is 0 Å². The molecule has 1 saturated heterocycles. The van der Waals surface area contributed by atoms with Crippen LogP contribution in [0.5, 0.6) is 0 Å². The average Bonchev–Trinajstić information content (AvgIpc) is 2.36. The lowest BCUT2D eigenvalue weighted by molar-refractivity contribution is -0.150. The normalized spacial score (nSPS) is 23.4. The first-order valence-electron chi connectivity index (χ1n) is 6.83. The summed E-state index contributed by atoms with van der Waals surface area (Å²) in [5.74, 6) is -0.0871. The monoisotopic (exact) mass is 242 g/mol. The molecule has 0 aromatic heterocycles. The van der Waals surface area contributed by atoms with E-state index in [1.54, 1.807) is 0 Å². The summed E-state index contributed by atoms with van der Waals surface area (Å²) in [6, 6.07) is 0.363. The van der Waals surface area contributed by atoms with Gasteiger partial charge in [0.05, 0.1) is 6.61 Å². The summed E-state index contributed by atoms with van der Waals surface area (Å²) in [6.45, 7) is 9.37. The predicted octanol–water partition coefficient (Wildman–Crippen LogP) is 1.40. The van der Waals surface area contributed by atoms with E-state index < -0.39 is 0 Å². The zero-order chi connectivity index (χ0) is 12.7. The second-order valence-corrected chi connectivity index (χ2v) is 4.62. The smallest absolute Gasteiger partial charge is 0.323 e. The Bertz CT molecular complexity index is 233. The fraction of sp³-hybridized carbons (Fsp3) is 0.923. The Balaban J connectivity index is 2.53. The fourth-order valence-electron chi connectivity index (χ4n) is 2.46. The molecule has 0 bridgehead atoms. The Morgan fingerprint density at radius 3 is 2.88 bits per heavy atom. The second kappa shape index (κ2) is 7.67. The quantitative estimate of drug-likeness (QED) is 0.715. The van der Waals surface area contributed by atoms with Gasteiger partial charge in [-0.1, -0.05) is 13.3 Å². The zero-order valence-electron chi connectivity index (χ0n) is 11.4. The lowest BCUT2D eigenvalue weighted by Gasteiger charge is -2.38. The van der Waals surface area contributed by atoms with E-state index in [-0.39, 0.29) is 12.0 Å². The molecule has 0 radical (unpaired) electrons. The van der Waals surface area contributed by atoms with Gasteiger partial charge in [-0.2, -0.15) is 0 Å². The zero-order valence-corrected chi connectivity index (χ0v) is 11.4. The highest BCUT2D eigenvalue weighted by atomic mass is 16.5. The molecule has 1 aliphatic rings. The van der Waals surface area contributed by atoms with E-state index in [0.29, 0.717) is 12.6 Å². The van der Waals surface area contributed by atoms with Crippen molar-refractivity contribution < 1.29 is 9.53 Å². The van der Waals surface area contributed by atoms with Crippen molar-refractivity contribution in [3.8, 4) is 0 Å². The van der Waals surface area contributed by atoms with E-state index in [1.807, 2.05) is 13.8 Å². The number of rotatable bonds is 6. The molecule has 4 heteroatoms. The van der Waals surface area contributed by atoms with Gasteiger partial charge in [-0.05, 0) is 39.8 Å². The molecular weight excluding hydrogens is 216 g/mol. The van der Waals surface area contributed by atoms with Crippen LogP contribution in [0.4, 0.5) is 0 Å². The van der Waals surface area contributed by atoms with Crippen LogP contribution in [0.15, 0.2) is 0 Å². The first-order valence-corrected chi connectivity index (χ1v) is 6.83. The Hall–Kier alpha value is -0.610. The highest BCUT2D eigenvalue weighted by molar-refractivity contribution is 5.75. The van der Waals surface area contributed by atoms with E-state index in [4.69, 9.17) is 4.74 Å². The molecule has 1 fully saturated rings. The summed E-state index contributed by atoms with van der Waals surface area (Å²) in [4.78, 5) is 14.1. The number of esters is 1. The molecule has 2 unspecified atom stereocenters. The average molecular weight is 242 g/mol. The minimum Gasteiger partial charge on any atom is -0.465 e. The van der Waals surface area contributed by atoms with Crippen LogP contribution in [0.1, 0.15) is 40.0 Å². The third-order valence-electron chi connectivity index (χ3n) is 3.43. The SMILES string of the molecule is CCNCC1CCCCN1C(C)C(=O)OCC. The molecule has 1 rings (SSSR count). The van der Waals surface area contributed by atoms with Crippen molar-refractivity contribution in [1.82, 2.24) is 10.2 Å². The van der Waals surface area contributed by atoms with Crippen LogP contribution >= 0.6 is 0 Å². The van der Waals surface area contributed by atoms with Gasteiger partial charge in [-0.25, -0.2) is 0 Å². The predicted molar refractivity (Wildman–Crippen MR) is 69.0 cm³/mol. The van der Waals surface area contributed by atoms with E-state index in [1.165, 1.54) is 19.3 Å². The standard InChI is InChI=1S/C13H26N2O2/c1-4-14-10-12-8-6-7-9-15(12)11(3)13(16)17-5-2/h11-12,14H,4-10H2,1-3H3. The van der Waals surface area contributed by atoms with Crippen LogP contribution in [0, 0.1) is 0 Å². The van der Waals surface area contributed by atoms with E-state index >= 15 is 0 Å². The topological polar surface area (TPSA) is 41.6 Å². The van der Waals surface area contributed by atoms with Crippen LogP contribution in [0.2, 0.25) is 0 Å². The van der Waals surface area contributed by atoms with Crippen LogP contribution in [-0.2, 0) is 9.53 Å². The molecule has 4 nitrogen and oxygen atoms in total. The van der Waals surface area contributed by atoms with Crippen LogP contribution in [-0.4, -0.2) is 49.2 Å². The number of ether oxygens (including phenoxy) is 1. The number of likely N-dealkylation sites (tertiary alicyclic amines) is 1. The number of hydrogen-bond acceptors (Lipinski definition) is 4. The minimum absolute atomic E-state index is 0.0871. The maximum Gasteiger partial charge on any atom is 0.323 e. The van der Waals surface area contributed by atoms with Crippen LogP contribution in [0.25, 0.3) is 0 Å². The van der Waals surface area contributed by atoms with Gasteiger partial charge in [0.1, 0.15) is 6.04 Å². The number of nitrogens with zero attached hydrogens (tertiary/aromatic N) is 1. The van der Waals surface area contributed by atoms with Crippen molar-refractivity contribution >= 4 is 5.97 Å². The lowest BCUT2D eigenvalue weighted by Crippen LogP contribution is -2.52. The molecule has 0 spiro atoms. The van der Waals surface area contributed by atoms with Gasteiger partial charge in [-0.15, -0.1) is 0 Å². The number of carbonyl (C=O) groups is 1. The number of piperidine rings is 1. The Kier molecular flexibility index (Phi) is 6.52. The van der Waals surface area contributed by atoms with Crippen molar-refractivity contribution in [2.45, 2.75) is 52.1 Å². The fourth-order valence-corrected chi connectivity index (χ4v) is 2.46. The lowest BCUT2D eigenvalue weighted by atomic mass is 10.00. The number of nitrogens with one attached hydrogen (secondary N) is 1. The van der Waals surface area contributed by atoms with Crippen LogP contribution < -0.4 is 5.32 Å². The third-order valence-corrected chi connectivity index (χ3v) is 3.43. The van der Waals surface area contributed by atoms with Gasteiger partial charge in [0, 0.05) is 12.6 Å². The Labute approximate surface area is 105 Å². The summed E-state index contributed by atoms with van der Waals surface area (Å²) >= 11 is 0. The number of likely N-dealkylation sites (N-methyl/N-ethyl adjacent to an activating group) is 1. The molecule has 1 aliphatic heterocycles. The van der Waals surface area contributed by atoms with E-state index in [0.717, 1.165) is 19.6 Å². The molecule has 1 N–H and O–H groups in total. The molecule has 2 atom stereocenters. The van der Waals surface area contributed by atoms with E-state index in [9.17, 15) is 4.79 Å². The summed E-state index contributed by atoms with van der Waals surface area (Å²) in [7, 11) is 0. The summed E-state index contributed by atoms with van der Waals surface area (Å²) in [5, 5.41) is 3.38. The molecule has 0 aromatic carbocycles. The third kappa shape index (κ3) is 4.28. The molecular formula is C13H26N2O2. The maximum absolute atomic E-state index is 11.8. The van der Waals surface area contributed by atoms with Crippen molar-refractivity contribution in [2.75, 3.05) is 26.2 Å². The summed E-state index contributed by atoms with van der Waals surface area (Å²) < 4.78 is 5.11. The molecule has 0 saturated carbocycles. The molecule has 0 aromatic rings. The first-order chi connectivity index (χ1) is 8.20. The first kappa shape index (κ1) is 14.5. The van der Waals surface area contributed by atoms with Gasteiger partial charge < -0.3 is 10.1 Å². The van der Waals surface area contributed by atoms with E-state index in [2.05, 4.69) is 17.1 Å². The van der Waals surface area contributed by atoms with Crippen molar-refractivity contribution in [1.29, 1.82) is 0 Å². The summed E-state index contributed by atoms with van der Waals surface area (Å²) in [5.41, 5.74) is 0. The Morgan fingerprint density at radius 2 is 2.24 bits per heavy atom. The molecule has 100 valence electrons. The minimum atomic E-state index is -0.112. The van der Waals surface area contributed by atoms with Gasteiger partial charge in [0.2, 0.25) is 0 Å². The summed E-state index contributed by atoms with van der Waals surface area (Å²) in [6.07, 6.45) is 3.63. The highest BCUT2D eigenvalue weighted by Crippen LogP contribution is 2.19. The molecule has 0 amide bonds. The van der Waals surface area contributed by atoms with Crippen LogP contribution in [0.3, 0.4) is 0 Å². The number of carbonyl (C=O) groups excluding carboxylic acids is 1. The van der Waals surface area contributed by atoms with Crippen molar-refractivity contribution in [2.24, 2.45) is 0 Å². The van der Waals surface area contributed by atoms with Gasteiger partial charge in [-0.3, -0.25) is 9.69 Å². The number of hydrogen-bond donors (Lipinski definition) is 1. The van der Waals surface area contributed by atoms with Gasteiger partial charge >= 0.3 is 5.97 Å². The van der Waals surface area contributed by atoms with Crippen molar-refractivity contribution in [3.63, 3.8) is 0 Å². The molecule has 0 aliphatic carbocycles. The van der Waals surface area contributed by atoms with Gasteiger partial charge in [0.15, 0.2) is 0 Å². The largest absolute Gasteiger partial charge is 0.465 e. The Morgan fingerprint density at radius 1 is 1.47 bits per heavy atom. The van der Waals surface area contributed by atoms with Gasteiger partial charge in [0.25, 0.3) is 0 Å².